The van der Waals surface area contributed by atoms with Crippen molar-refractivity contribution in [2.75, 3.05) is 13.1 Å². The Morgan fingerprint density at radius 1 is 1.45 bits per heavy atom. The van der Waals surface area contributed by atoms with Gasteiger partial charge in [-0.15, -0.1) is 0 Å². The summed E-state index contributed by atoms with van der Waals surface area (Å²) in [7, 11) is 0. The van der Waals surface area contributed by atoms with Crippen LogP contribution in [0.25, 0.3) is 0 Å². The summed E-state index contributed by atoms with van der Waals surface area (Å²) in [6, 6.07) is -0.889. The summed E-state index contributed by atoms with van der Waals surface area (Å²) in [6.45, 7) is 0.242. The normalized spacial score (nSPS) is 30.7. The molecule has 0 aromatic carbocycles. The maximum absolute atomic E-state index is 13.1. The number of nitrogens with zero attached hydrogens (tertiary/aromatic N) is 3. The van der Waals surface area contributed by atoms with Gasteiger partial charge in [-0.2, -0.15) is 0 Å². The first-order valence-electron chi connectivity index (χ1n) is 7.50. The van der Waals surface area contributed by atoms with Gasteiger partial charge in [0, 0.05) is 31.9 Å². The second-order valence-corrected chi connectivity index (χ2v) is 6.25. The molecule has 1 aliphatic heterocycles. The Hall–Kier alpha value is -1.70. The second kappa shape index (κ2) is 5.83. The smallest absolute Gasteiger partial charge is 0.317 e. The Morgan fingerprint density at radius 2 is 2.27 bits per heavy atom. The lowest BCUT2D eigenvalue weighted by Gasteiger charge is -2.22. The molecule has 1 aromatic rings. The number of amides is 2. The third-order valence-electron chi connectivity index (χ3n) is 4.42. The maximum Gasteiger partial charge on any atom is 0.317 e. The Kier molecular flexibility index (Phi) is 4.03. The molecule has 0 bridgehead atoms. The summed E-state index contributed by atoms with van der Waals surface area (Å²) < 4.78 is 28.2. The van der Waals surface area contributed by atoms with Crippen LogP contribution in [0, 0.1) is 5.92 Å². The van der Waals surface area contributed by atoms with E-state index in [4.69, 9.17) is 0 Å². The van der Waals surface area contributed by atoms with Gasteiger partial charge in [-0.05, 0) is 18.8 Å². The van der Waals surface area contributed by atoms with Crippen LogP contribution in [0.2, 0.25) is 0 Å². The molecule has 0 spiro atoms. The van der Waals surface area contributed by atoms with Gasteiger partial charge in [-0.25, -0.2) is 18.6 Å². The molecule has 22 heavy (non-hydrogen) atoms. The molecule has 3 rings (SSSR count). The van der Waals surface area contributed by atoms with Crippen LogP contribution < -0.4 is 5.32 Å². The van der Waals surface area contributed by atoms with Crippen molar-refractivity contribution in [1.29, 1.82) is 0 Å². The molecule has 122 valence electrons. The summed E-state index contributed by atoms with van der Waals surface area (Å²) in [5.74, 6) is -2.57. The number of hydrogen-bond acceptors (Lipinski definition) is 3. The lowest BCUT2D eigenvalue weighted by atomic mass is 10.1. The van der Waals surface area contributed by atoms with Crippen LogP contribution in [0.1, 0.15) is 19.3 Å². The molecular formula is C14H20F2N4O2. The van der Waals surface area contributed by atoms with E-state index in [9.17, 15) is 18.7 Å². The van der Waals surface area contributed by atoms with Crippen molar-refractivity contribution in [1.82, 2.24) is 19.8 Å². The summed E-state index contributed by atoms with van der Waals surface area (Å²) in [4.78, 5) is 17.1. The van der Waals surface area contributed by atoms with Gasteiger partial charge in [-0.3, -0.25) is 0 Å². The van der Waals surface area contributed by atoms with E-state index in [2.05, 4.69) is 10.3 Å². The summed E-state index contributed by atoms with van der Waals surface area (Å²) in [6.07, 6.45) is 5.54. The number of aliphatic hydroxyl groups excluding tert-OH is 1. The highest BCUT2D eigenvalue weighted by molar-refractivity contribution is 5.75. The van der Waals surface area contributed by atoms with E-state index in [1.165, 1.54) is 0 Å². The van der Waals surface area contributed by atoms with Crippen LogP contribution >= 0.6 is 0 Å². The number of rotatable bonds is 3. The number of carbonyl (C=O) groups is 1. The van der Waals surface area contributed by atoms with E-state index < -0.39 is 24.6 Å². The van der Waals surface area contributed by atoms with Gasteiger partial charge in [0.15, 0.2) is 0 Å². The molecular weight excluding hydrogens is 294 g/mol. The van der Waals surface area contributed by atoms with E-state index >= 15 is 0 Å². The molecule has 2 aliphatic rings. The number of likely N-dealkylation sites (tertiary alicyclic amines) is 1. The Morgan fingerprint density at radius 3 is 2.91 bits per heavy atom. The molecule has 3 atom stereocenters. The molecule has 2 N–H and O–H groups in total. The van der Waals surface area contributed by atoms with Crippen molar-refractivity contribution in [2.45, 2.75) is 43.9 Å². The zero-order chi connectivity index (χ0) is 15.7. The van der Waals surface area contributed by atoms with Crippen LogP contribution in [0.5, 0.6) is 0 Å². The minimum absolute atomic E-state index is 0.0557. The number of aliphatic hydroxyl groups is 1. The maximum atomic E-state index is 13.1. The molecule has 1 aliphatic carbocycles. The van der Waals surface area contributed by atoms with Crippen molar-refractivity contribution in [3.05, 3.63) is 18.7 Å². The SMILES string of the molecule is O=C(N[C@@H]1CC(Cn2ccnc2)C[C@H]1O)N1CCC(F)(F)C1. The largest absolute Gasteiger partial charge is 0.391 e. The molecule has 2 amide bonds. The first kappa shape index (κ1) is 15.2. The molecule has 0 radical (unpaired) electrons. The quantitative estimate of drug-likeness (QED) is 0.877. The first-order chi connectivity index (χ1) is 10.4. The fraction of sp³-hybridized carbons (Fsp3) is 0.714. The van der Waals surface area contributed by atoms with Gasteiger partial charge in [0.2, 0.25) is 0 Å². The van der Waals surface area contributed by atoms with Crippen LogP contribution in [0.4, 0.5) is 13.6 Å². The fourth-order valence-corrected chi connectivity index (χ4v) is 3.27. The Labute approximate surface area is 127 Å². The van der Waals surface area contributed by atoms with Crippen molar-refractivity contribution < 1.29 is 18.7 Å². The number of alkyl halides is 2. The number of imidazole rings is 1. The number of halogens is 2. The van der Waals surface area contributed by atoms with Gasteiger partial charge in [0.1, 0.15) is 0 Å². The average Bonchev–Trinajstić information content (AvgIpc) is 3.13. The molecule has 1 saturated heterocycles. The zero-order valence-electron chi connectivity index (χ0n) is 12.2. The zero-order valence-corrected chi connectivity index (χ0v) is 12.2. The molecule has 1 saturated carbocycles. The standard InChI is InChI=1S/C14H20F2N4O2/c15-14(16)1-3-20(8-14)13(22)18-11-5-10(6-12(11)21)7-19-4-2-17-9-19/h2,4,9-12,21H,1,3,5-8H2,(H,18,22)/t10?,11-,12-/m1/s1. The van der Waals surface area contributed by atoms with E-state index in [0.717, 1.165) is 11.4 Å². The fourth-order valence-electron chi connectivity index (χ4n) is 3.27. The van der Waals surface area contributed by atoms with Gasteiger partial charge < -0.3 is 19.9 Å². The van der Waals surface area contributed by atoms with E-state index in [1.807, 2.05) is 10.8 Å². The number of aromatic nitrogens is 2. The van der Waals surface area contributed by atoms with E-state index in [-0.39, 0.29) is 24.9 Å². The van der Waals surface area contributed by atoms with Crippen molar-refractivity contribution in [2.24, 2.45) is 5.92 Å². The molecule has 8 heteroatoms. The number of carbonyl (C=O) groups excluding carboxylic acids is 1. The Bertz CT molecular complexity index is 523. The van der Waals surface area contributed by atoms with Gasteiger partial charge in [0.25, 0.3) is 5.92 Å². The van der Waals surface area contributed by atoms with Crippen molar-refractivity contribution in [3.8, 4) is 0 Å². The highest BCUT2D eigenvalue weighted by Gasteiger charge is 2.42. The number of urea groups is 1. The van der Waals surface area contributed by atoms with Crippen molar-refractivity contribution in [3.63, 3.8) is 0 Å². The van der Waals surface area contributed by atoms with Gasteiger partial charge in [0.05, 0.1) is 25.0 Å². The van der Waals surface area contributed by atoms with Crippen LogP contribution in [-0.4, -0.2) is 56.7 Å². The lowest BCUT2D eigenvalue weighted by Crippen LogP contribution is -2.47. The molecule has 1 unspecified atom stereocenters. The second-order valence-electron chi connectivity index (χ2n) is 6.25. The predicted molar refractivity (Wildman–Crippen MR) is 74.4 cm³/mol. The number of nitrogens with one attached hydrogen (secondary N) is 1. The molecule has 2 fully saturated rings. The van der Waals surface area contributed by atoms with Crippen LogP contribution in [0.15, 0.2) is 18.7 Å². The molecule has 2 heterocycles. The van der Waals surface area contributed by atoms with Crippen molar-refractivity contribution >= 4 is 6.03 Å². The monoisotopic (exact) mass is 314 g/mol. The van der Waals surface area contributed by atoms with Gasteiger partial charge >= 0.3 is 6.03 Å². The third-order valence-corrected chi connectivity index (χ3v) is 4.42. The van der Waals surface area contributed by atoms with Gasteiger partial charge in [-0.1, -0.05) is 0 Å². The first-order valence-corrected chi connectivity index (χ1v) is 7.50. The molecule has 1 aromatic heterocycles. The Balaban J connectivity index is 1.51. The minimum atomic E-state index is -2.80. The third kappa shape index (κ3) is 3.37. The highest BCUT2D eigenvalue weighted by atomic mass is 19.3. The van der Waals surface area contributed by atoms with E-state index in [0.29, 0.717) is 12.8 Å². The van der Waals surface area contributed by atoms with Crippen LogP contribution in [-0.2, 0) is 6.54 Å². The highest BCUT2D eigenvalue weighted by Crippen LogP contribution is 2.29. The number of hydrogen-bond donors (Lipinski definition) is 2. The van der Waals surface area contributed by atoms with E-state index in [1.54, 1.807) is 12.5 Å². The summed E-state index contributed by atoms with van der Waals surface area (Å²) in [5.41, 5.74) is 0. The molecule has 6 nitrogen and oxygen atoms in total. The predicted octanol–water partition coefficient (Wildman–Crippen LogP) is 1.07. The lowest BCUT2D eigenvalue weighted by molar-refractivity contribution is 0.0151. The summed E-state index contributed by atoms with van der Waals surface area (Å²) in [5, 5.41) is 12.8. The summed E-state index contributed by atoms with van der Waals surface area (Å²) >= 11 is 0. The minimum Gasteiger partial charge on any atom is -0.391 e. The average molecular weight is 314 g/mol. The van der Waals surface area contributed by atoms with Crippen LogP contribution in [0.3, 0.4) is 0 Å². The topological polar surface area (TPSA) is 70.4 Å².